The van der Waals surface area contributed by atoms with Gasteiger partial charge < -0.3 is 16.2 Å². The van der Waals surface area contributed by atoms with E-state index in [0.29, 0.717) is 6.04 Å². The molecule has 1 aliphatic rings. The Bertz CT molecular complexity index is 476. The summed E-state index contributed by atoms with van der Waals surface area (Å²) in [5.41, 5.74) is 7.02. The van der Waals surface area contributed by atoms with E-state index in [1.165, 1.54) is 64.0 Å². The standard InChI is InChI=1S/C15H23N.C8H18O.C5H12.C2H6.C2H4.CH5N/c1-4-5-6-7-14(3)12-16-15-10-8-13(2)9-11-15;1-3-4-5-6-7-8(2)9;1-3-5-4-2;3*1-2/h6-10,15-16H,3-5,11-12H2,1-2H3;8-9H,3-7H2,1-2H3;3-5H2,1-2H3;1-2H3;1-2H2;2H2,1H3/b7-6-;;;;;. The first-order chi connectivity index (χ1) is 17.4. The highest BCUT2D eigenvalue weighted by Gasteiger charge is 2.05. The molecule has 0 aromatic carbocycles. The third-order valence-electron chi connectivity index (χ3n) is 4.87. The smallest absolute Gasteiger partial charge is 0.0512 e. The molecule has 1 aliphatic carbocycles. The number of aliphatic hydroxyl groups is 1. The van der Waals surface area contributed by atoms with Gasteiger partial charge in [-0.3, -0.25) is 0 Å². The molecule has 3 heteroatoms. The number of unbranched alkanes of at least 4 members (excludes halogenated alkanes) is 6. The molecule has 1 rings (SSSR count). The fourth-order valence-corrected chi connectivity index (χ4v) is 2.84. The van der Waals surface area contributed by atoms with Crippen molar-refractivity contribution in [3.63, 3.8) is 0 Å². The van der Waals surface area contributed by atoms with Gasteiger partial charge in [0.1, 0.15) is 0 Å². The Kier molecular flexibility index (Phi) is 54.0. The summed E-state index contributed by atoms with van der Waals surface area (Å²) in [5.74, 6) is 0. The van der Waals surface area contributed by atoms with Crippen molar-refractivity contribution in [1.29, 1.82) is 0 Å². The van der Waals surface area contributed by atoms with Crippen LogP contribution in [0.2, 0.25) is 0 Å². The lowest BCUT2D eigenvalue weighted by atomic mass is 10.0. The van der Waals surface area contributed by atoms with E-state index in [-0.39, 0.29) is 6.10 Å². The van der Waals surface area contributed by atoms with Gasteiger partial charge in [0.2, 0.25) is 0 Å². The molecule has 3 nitrogen and oxygen atoms in total. The Morgan fingerprint density at radius 1 is 1.03 bits per heavy atom. The minimum absolute atomic E-state index is 0.0955. The zero-order valence-corrected chi connectivity index (χ0v) is 26.2. The van der Waals surface area contributed by atoms with E-state index in [4.69, 9.17) is 5.11 Å². The number of hydrogen-bond donors (Lipinski definition) is 3. The SMILES string of the molecule is C=C.C=C(/C=C\CCC)CNC1C=CC(C)=CC1.CC.CCCCC.CCCCCCC(C)O.CN. The second-order valence-corrected chi connectivity index (χ2v) is 8.43. The van der Waals surface area contributed by atoms with Crippen LogP contribution in [0.25, 0.3) is 0 Å². The summed E-state index contributed by atoms with van der Waals surface area (Å²) in [7, 11) is 1.50. The van der Waals surface area contributed by atoms with Gasteiger partial charge in [0.25, 0.3) is 0 Å². The fourth-order valence-electron chi connectivity index (χ4n) is 2.84. The van der Waals surface area contributed by atoms with Crippen molar-refractivity contribution in [2.45, 2.75) is 138 Å². The van der Waals surface area contributed by atoms with Gasteiger partial charge in [0.15, 0.2) is 0 Å². The number of aliphatic hydroxyl groups excluding tert-OH is 1. The maximum atomic E-state index is 8.85. The number of nitrogens with one attached hydrogen (secondary N) is 1. The summed E-state index contributed by atoms with van der Waals surface area (Å²) < 4.78 is 0. The van der Waals surface area contributed by atoms with Gasteiger partial charge in [0.05, 0.1) is 6.10 Å². The molecular formula is C33H68N2O. The molecule has 216 valence electrons. The predicted octanol–water partition coefficient (Wildman–Crippen LogP) is 9.70. The van der Waals surface area contributed by atoms with E-state index < -0.39 is 0 Å². The lowest BCUT2D eigenvalue weighted by molar-refractivity contribution is 0.180. The van der Waals surface area contributed by atoms with Crippen LogP contribution in [-0.4, -0.2) is 30.8 Å². The van der Waals surface area contributed by atoms with Crippen molar-refractivity contribution >= 4 is 0 Å². The lowest BCUT2D eigenvalue weighted by Crippen LogP contribution is -2.29. The maximum Gasteiger partial charge on any atom is 0.0512 e. The molecule has 0 fully saturated rings. The first kappa shape index (κ1) is 44.6. The second kappa shape index (κ2) is 43.6. The van der Waals surface area contributed by atoms with Gasteiger partial charge in [-0.15, -0.1) is 13.2 Å². The molecule has 0 aromatic rings. The molecule has 0 bridgehead atoms. The average Bonchev–Trinajstić information content (AvgIpc) is 2.91. The van der Waals surface area contributed by atoms with E-state index in [9.17, 15) is 0 Å². The Labute approximate surface area is 229 Å². The first-order valence-electron chi connectivity index (χ1n) is 14.6. The van der Waals surface area contributed by atoms with Gasteiger partial charge in [-0.05, 0) is 45.7 Å². The normalized spacial score (nSPS) is 14.0. The van der Waals surface area contributed by atoms with Crippen LogP contribution in [0.1, 0.15) is 126 Å². The first-order valence-corrected chi connectivity index (χ1v) is 14.6. The van der Waals surface area contributed by atoms with E-state index >= 15 is 0 Å². The average molecular weight is 509 g/mol. The monoisotopic (exact) mass is 509 g/mol. The van der Waals surface area contributed by atoms with Gasteiger partial charge in [-0.2, -0.15) is 0 Å². The maximum absolute atomic E-state index is 8.85. The zero-order valence-electron chi connectivity index (χ0n) is 26.2. The number of hydrogen-bond acceptors (Lipinski definition) is 3. The Morgan fingerprint density at radius 2 is 1.58 bits per heavy atom. The molecule has 2 unspecified atom stereocenters. The highest BCUT2D eigenvalue weighted by molar-refractivity contribution is 5.24. The van der Waals surface area contributed by atoms with Gasteiger partial charge >= 0.3 is 0 Å². The van der Waals surface area contributed by atoms with E-state index in [2.05, 4.69) is 95.8 Å². The van der Waals surface area contributed by atoms with Gasteiger partial charge in [-0.1, -0.05) is 135 Å². The van der Waals surface area contributed by atoms with Crippen LogP contribution < -0.4 is 11.1 Å². The van der Waals surface area contributed by atoms with Crippen molar-refractivity contribution in [3.05, 3.63) is 61.3 Å². The molecule has 0 heterocycles. The largest absolute Gasteiger partial charge is 0.393 e. The molecule has 0 saturated carbocycles. The number of allylic oxidation sites excluding steroid dienone is 3. The summed E-state index contributed by atoms with van der Waals surface area (Å²) in [6, 6.07) is 0.472. The summed E-state index contributed by atoms with van der Waals surface area (Å²) in [6.07, 6.45) is 24.5. The van der Waals surface area contributed by atoms with Crippen LogP contribution in [0.15, 0.2) is 61.3 Å². The Hall–Kier alpha value is -1.42. The third kappa shape index (κ3) is 46.0. The van der Waals surface area contributed by atoms with Crippen LogP contribution in [0.5, 0.6) is 0 Å². The third-order valence-corrected chi connectivity index (χ3v) is 4.87. The minimum Gasteiger partial charge on any atom is -0.393 e. The molecule has 0 amide bonds. The minimum atomic E-state index is -0.0955. The molecule has 0 aliphatic heterocycles. The van der Waals surface area contributed by atoms with E-state index in [0.717, 1.165) is 31.4 Å². The van der Waals surface area contributed by atoms with Gasteiger partial charge in [-0.25, -0.2) is 0 Å². The van der Waals surface area contributed by atoms with E-state index in [1.807, 2.05) is 20.8 Å². The van der Waals surface area contributed by atoms with Crippen LogP contribution in [0.3, 0.4) is 0 Å². The number of rotatable bonds is 13. The molecule has 0 saturated heterocycles. The van der Waals surface area contributed by atoms with Crippen LogP contribution in [0.4, 0.5) is 0 Å². The fraction of sp³-hybridized carbons (Fsp3) is 0.697. The summed E-state index contributed by atoms with van der Waals surface area (Å²) >= 11 is 0. The highest BCUT2D eigenvalue weighted by atomic mass is 16.3. The Morgan fingerprint density at radius 3 is 1.97 bits per heavy atom. The highest BCUT2D eigenvalue weighted by Crippen LogP contribution is 2.09. The molecule has 0 spiro atoms. The van der Waals surface area contributed by atoms with Crippen molar-refractivity contribution in [2.24, 2.45) is 5.73 Å². The molecule has 4 N–H and O–H groups in total. The van der Waals surface area contributed by atoms with Crippen molar-refractivity contribution in [2.75, 3.05) is 13.6 Å². The quantitative estimate of drug-likeness (QED) is 0.132. The molecular weight excluding hydrogens is 440 g/mol. The lowest BCUT2D eigenvalue weighted by Gasteiger charge is -2.16. The summed E-state index contributed by atoms with van der Waals surface area (Å²) in [4.78, 5) is 0. The van der Waals surface area contributed by atoms with Gasteiger partial charge in [0, 0.05) is 12.6 Å². The summed E-state index contributed by atoms with van der Waals surface area (Å²) in [5, 5.41) is 12.3. The predicted molar refractivity (Wildman–Crippen MR) is 171 cm³/mol. The van der Waals surface area contributed by atoms with Crippen molar-refractivity contribution in [1.82, 2.24) is 5.32 Å². The molecule has 0 radical (unpaired) electrons. The van der Waals surface area contributed by atoms with Crippen LogP contribution in [0, 0.1) is 0 Å². The second-order valence-electron chi connectivity index (χ2n) is 8.43. The van der Waals surface area contributed by atoms with Crippen molar-refractivity contribution < 1.29 is 5.11 Å². The number of nitrogens with two attached hydrogens (primary N) is 1. The van der Waals surface area contributed by atoms with Crippen LogP contribution in [-0.2, 0) is 0 Å². The van der Waals surface area contributed by atoms with Crippen molar-refractivity contribution in [3.8, 4) is 0 Å². The van der Waals surface area contributed by atoms with E-state index in [1.54, 1.807) is 0 Å². The molecule has 0 aromatic heterocycles. The zero-order chi connectivity index (χ0) is 29.0. The molecule has 2 atom stereocenters. The topological polar surface area (TPSA) is 58.3 Å². The molecule has 36 heavy (non-hydrogen) atoms. The van der Waals surface area contributed by atoms with Crippen LogP contribution >= 0.6 is 0 Å². The Balaban J connectivity index is -0.000000136. The summed E-state index contributed by atoms with van der Waals surface area (Å²) in [6.45, 7) is 27.7.